The minimum atomic E-state index is 0.00218. The van der Waals surface area contributed by atoms with E-state index in [-0.39, 0.29) is 5.91 Å². The Kier molecular flexibility index (Phi) is 5.47. The third kappa shape index (κ3) is 3.96. The quantitative estimate of drug-likeness (QED) is 0.495. The van der Waals surface area contributed by atoms with Crippen LogP contribution in [0.3, 0.4) is 0 Å². The van der Waals surface area contributed by atoms with Crippen LogP contribution in [0, 0.1) is 3.57 Å². The Bertz CT molecular complexity index is 299. The van der Waals surface area contributed by atoms with E-state index in [0.29, 0.717) is 0 Å². The van der Waals surface area contributed by atoms with Gasteiger partial charge in [-0.05, 0) is 53.3 Å². The van der Waals surface area contributed by atoms with Crippen molar-refractivity contribution in [2.24, 2.45) is 0 Å². The van der Waals surface area contributed by atoms with Crippen LogP contribution in [0.5, 0.6) is 0 Å². The molecule has 0 heterocycles. The first-order valence-corrected chi connectivity index (χ1v) is 6.54. The van der Waals surface area contributed by atoms with E-state index in [1.54, 1.807) is 0 Å². The van der Waals surface area contributed by atoms with Crippen molar-refractivity contribution in [2.45, 2.75) is 6.42 Å². The fourth-order valence-corrected chi connectivity index (χ4v) is 1.61. The summed E-state index contributed by atoms with van der Waals surface area (Å²) in [6.07, 6.45) is 0.954. The van der Waals surface area contributed by atoms with Crippen LogP contribution < -0.4 is 5.32 Å². The lowest BCUT2D eigenvalue weighted by Gasteiger charge is -2.03. The predicted molar refractivity (Wildman–Crippen MR) is 69.9 cm³/mol. The number of carbonyl (C=O) groups excluding carboxylic acids is 1. The number of rotatable bonds is 4. The molecule has 1 N–H and O–H groups in total. The molecule has 2 nitrogen and oxygen atoms in total. The summed E-state index contributed by atoms with van der Waals surface area (Å²) in [5.41, 5.74) is 0.722. The highest BCUT2D eigenvalue weighted by atomic mass is 127. The molecule has 1 aromatic rings. The molecule has 76 valence electrons. The Morgan fingerprint density at radius 2 is 2.00 bits per heavy atom. The first-order chi connectivity index (χ1) is 6.74. The zero-order valence-corrected chi connectivity index (χ0v) is 11.3. The van der Waals surface area contributed by atoms with Crippen LogP contribution in [0.2, 0.25) is 0 Å². The Morgan fingerprint density at radius 1 is 1.36 bits per heavy atom. The first kappa shape index (κ1) is 12.0. The summed E-state index contributed by atoms with van der Waals surface area (Å²) in [5.74, 6) is 0.00218. The number of hydrogen-bond donors (Lipinski definition) is 1. The SMILES string of the molecule is O=C(NCCCBr)c1ccc(I)cc1. The van der Waals surface area contributed by atoms with Crippen LogP contribution >= 0.6 is 38.5 Å². The summed E-state index contributed by atoms with van der Waals surface area (Å²) in [4.78, 5) is 11.5. The molecule has 0 saturated carbocycles. The maximum absolute atomic E-state index is 11.5. The molecule has 0 spiro atoms. The lowest BCUT2D eigenvalue weighted by atomic mass is 10.2. The maximum atomic E-state index is 11.5. The third-order valence-corrected chi connectivity index (χ3v) is 2.98. The Morgan fingerprint density at radius 3 is 2.57 bits per heavy atom. The zero-order valence-electron chi connectivity index (χ0n) is 7.59. The van der Waals surface area contributed by atoms with Gasteiger partial charge in [0.1, 0.15) is 0 Å². The van der Waals surface area contributed by atoms with Crippen LogP contribution in [0.25, 0.3) is 0 Å². The molecule has 14 heavy (non-hydrogen) atoms. The Hall–Kier alpha value is -0.100. The topological polar surface area (TPSA) is 29.1 Å². The molecule has 1 amide bonds. The molecule has 0 aliphatic carbocycles. The standard InChI is InChI=1S/C10H11BrINO/c11-6-1-7-13-10(14)8-2-4-9(12)5-3-8/h2-5H,1,6-7H2,(H,13,14). The molecule has 1 aromatic carbocycles. The van der Waals surface area contributed by atoms with E-state index in [1.165, 1.54) is 0 Å². The van der Waals surface area contributed by atoms with Crippen LogP contribution in [-0.4, -0.2) is 17.8 Å². The average Bonchev–Trinajstić information content (AvgIpc) is 2.19. The summed E-state index contributed by atoms with van der Waals surface area (Å²) in [6.45, 7) is 0.718. The Balaban J connectivity index is 2.48. The smallest absolute Gasteiger partial charge is 0.251 e. The molecule has 0 radical (unpaired) electrons. The van der Waals surface area contributed by atoms with Gasteiger partial charge in [-0.15, -0.1) is 0 Å². The van der Waals surface area contributed by atoms with E-state index in [4.69, 9.17) is 0 Å². The fourth-order valence-electron chi connectivity index (χ4n) is 0.972. The fraction of sp³-hybridized carbons (Fsp3) is 0.300. The number of amides is 1. The summed E-state index contributed by atoms with van der Waals surface area (Å²) < 4.78 is 1.14. The van der Waals surface area contributed by atoms with E-state index < -0.39 is 0 Å². The summed E-state index contributed by atoms with van der Waals surface area (Å²) in [5, 5.41) is 3.76. The lowest BCUT2D eigenvalue weighted by Crippen LogP contribution is -2.24. The van der Waals surface area contributed by atoms with Crippen LogP contribution in [0.4, 0.5) is 0 Å². The highest BCUT2D eigenvalue weighted by molar-refractivity contribution is 14.1. The van der Waals surface area contributed by atoms with Gasteiger partial charge in [-0.2, -0.15) is 0 Å². The van der Waals surface area contributed by atoms with Gasteiger partial charge in [0.05, 0.1) is 0 Å². The van der Waals surface area contributed by atoms with Gasteiger partial charge in [0.15, 0.2) is 0 Å². The van der Waals surface area contributed by atoms with Gasteiger partial charge in [0, 0.05) is 21.0 Å². The van der Waals surface area contributed by atoms with Crippen molar-refractivity contribution in [1.82, 2.24) is 5.32 Å². The van der Waals surface area contributed by atoms with E-state index in [9.17, 15) is 4.79 Å². The molecule has 0 fully saturated rings. The second kappa shape index (κ2) is 6.40. The van der Waals surface area contributed by atoms with Gasteiger partial charge < -0.3 is 5.32 Å². The van der Waals surface area contributed by atoms with Gasteiger partial charge in [-0.1, -0.05) is 15.9 Å². The molecular formula is C10H11BrINO. The van der Waals surface area contributed by atoms with Gasteiger partial charge in [0.25, 0.3) is 5.91 Å². The molecule has 4 heteroatoms. The molecule has 0 saturated heterocycles. The predicted octanol–water partition coefficient (Wildman–Crippen LogP) is 2.81. The van der Waals surface area contributed by atoms with Crippen molar-refractivity contribution < 1.29 is 4.79 Å². The molecule has 0 aliphatic heterocycles. The van der Waals surface area contributed by atoms with E-state index in [0.717, 1.165) is 27.4 Å². The van der Waals surface area contributed by atoms with Crippen LogP contribution in [0.1, 0.15) is 16.8 Å². The maximum Gasteiger partial charge on any atom is 0.251 e. The second-order valence-corrected chi connectivity index (χ2v) is 4.84. The van der Waals surface area contributed by atoms with Gasteiger partial charge in [-0.3, -0.25) is 4.79 Å². The largest absolute Gasteiger partial charge is 0.352 e. The number of carbonyl (C=O) groups is 1. The number of benzene rings is 1. The van der Waals surface area contributed by atoms with Crippen molar-refractivity contribution in [1.29, 1.82) is 0 Å². The normalized spacial score (nSPS) is 9.86. The van der Waals surface area contributed by atoms with E-state index in [1.807, 2.05) is 24.3 Å². The van der Waals surface area contributed by atoms with Gasteiger partial charge in [-0.25, -0.2) is 0 Å². The Labute approximate surface area is 106 Å². The number of alkyl halides is 1. The van der Waals surface area contributed by atoms with Crippen LogP contribution in [-0.2, 0) is 0 Å². The summed E-state index contributed by atoms with van der Waals surface area (Å²) >= 11 is 5.53. The van der Waals surface area contributed by atoms with Crippen LogP contribution in [0.15, 0.2) is 24.3 Å². The summed E-state index contributed by atoms with van der Waals surface area (Å²) in [6, 6.07) is 7.54. The second-order valence-electron chi connectivity index (χ2n) is 2.81. The lowest BCUT2D eigenvalue weighted by molar-refractivity contribution is 0.0954. The highest BCUT2D eigenvalue weighted by Gasteiger charge is 2.02. The first-order valence-electron chi connectivity index (χ1n) is 4.34. The molecule has 0 bridgehead atoms. The molecule has 0 unspecified atom stereocenters. The minimum Gasteiger partial charge on any atom is -0.352 e. The number of hydrogen-bond acceptors (Lipinski definition) is 1. The zero-order chi connectivity index (χ0) is 10.4. The van der Waals surface area contributed by atoms with Crippen molar-refractivity contribution in [3.63, 3.8) is 0 Å². The summed E-state index contributed by atoms with van der Waals surface area (Å²) in [7, 11) is 0. The average molecular weight is 368 g/mol. The molecule has 1 rings (SSSR count). The highest BCUT2D eigenvalue weighted by Crippen LogP contribution is 2.06. The molecule has 0 aromatic heterocycles. The van der Waals surface area contributed by atoms with Crippen molar-refractivity contribution >= 4 is 44.4 Å². The number of nitrogens with one attached hydrogen (secondary N) is 1. The minimum absolute atomic E-state index is 0.00218. The molecule has 0 atom stereocenters. The van der Waals surface area contributed by atoms with Gasteiger partial charge >= 0.3 is 0 Å². The van der Waals surface area contributed by atoms with E-state index in [2.05, 4.69) is 43.8 Å². The van der Waals surface area contributed by atoms with Crippen molar-refractivity contribution in [3.8, 4) is 0 Å². The molecular weight excluding hydrogens is 357 g/mol. The van der Waals surface area contributed by atoms with Gasteiger partial charge in [0.2, 0.25) is 0 Å². The monoisotopic (exact) mass is 367 g/mol. The number of halogens is 2. The van der Waals surface area contributed by atoms with Crippen molar-refractivity contribution in [3.05, 3.63) is 33.4 Å². The van der Waals surface area contributed by atoms with E-state index >= 15 is 0 Å². The molecule has 0 aliphatic rings. The third-order valence-electron chi connectivity index (χ3n) is 1.70. The van der Waals surface area contributed by atoms with Crippen molar-refractivity contribution in [2.75, 3.05) is 11.9 Å².